The number of benzene rings is 1. The summed E-state index contributed by atoms with van der Waals surface area (Å²) in [5.41, 5.74) is 1.54. The molecule has 1 atom stereocenters. The largest absolute Gasteiger partial charge is 0.360 e. The third-order valence-electron chi connectivity index (χ3n) is 5.24. The third kappa shape index (κ3) is 2.95. The number of piperidine rings is 1. The molecule has 2 aliphatic heterocycles. The highest BCUT2D eigenvalue weighted by Crippen LogP contribution is 2.28. The highest BCUT2D eigenvalue weighted by atomic mass is 32.2. The van der Waals surface area contributed by atoms with Gasteiger partial charge in [-0.25, -0.2) is 0 Å². The molecule has 134 valence electrons. The summed E-state index contributed by atoms with van der Waals surface area (Å²) in [5, 5.41) is 9.91. The van der Waals surface area contributed by atoms with Crippen molar-refractivity contribution in [2.45, 2.75) is 18.9 Å². The van der Waals surface area contributed by atoms with Gasteiger partial charge in [0.2, 0.25) is 5.91 Å². The zero-order valence-corrected chi connectivity index (χ0v) is 15.2. The van der Waals surface area contributed by atoms with Gasteiger partial charge < -0.3 is 14.8 Å². The predicted octanol–water partition coefficient (Wildman–Crippen LogP) is 2.45. The highest BCUT2D eigenvalue weighted by Gasteiger charge is 2.38. The number of hydrogen-bond acceptors (Lipinski definition) is 4. The van der Waals surface area contributed by atoms with Gasteiger partial charge in [-0.2, -0.15) is 5.26 Å². The van der Waals surface area contributed by atoms with Crippen LogP contribution in [0.15, 0.2) is 30.5 Å². The van der Waals surface area contributed by atoms with Crippen molar-refractivity contribution in [1.29, 1.82) is 5.26 Å². The summed E-state index contributed by atoms with van der Waals surface area (Å²) in [5.74, 6) is 1.12. The van der Waals surface area contributed by atoms with Gasteiger partial charge in [-0.3, -0.25) is 9.59 Å². The minimum atomic E-state index is -0.417. The Hall–Kier alpha value is -2.46. The van der Waals surface area contributed by atoms with E-state index in [0.717, 1.165) is 23.7 Å². The topological polar surface area (TPSA) is 80.2 Å². The molecule has 4 rings (SSSR count). The van der Waals surface area contributed by atoms with E-state index in [1.54, 1.807) is 22.9 Å². The maximum Gasteiger partial charge on any atom is 0.257 e. The van der Waals surface area contributed by atoms with Crippen LogP contribution in [0.3, 0.4) is 0 Å². The number of rotatable bonds is 2. The van der Waals surface area contributed by atoms with Crippen LogP contribution < -0.4 is 0 Å². The lowest BCUT2D eigenvalue weighted by molar-refractivity contribution is -0.136. The Labute approximate surface area is 156 Å². The van der Waals surface area contributed by atoms with E-state index < -0.39 is 6.04 Å². The van der Waals surface area contributed by atoms with Crippen LogP contribution in [-0.2, 0) is 4.79 Å². The SMILES string of the molecule is N#CC1CCN(C(=O)C2CSCN2C(=O)c2c[nH]c3ccccc23)CC1. The van der Waals surface area contributed by atoms with E-state index in [9.17, 15) is 9.59 Å². The molecular formula is C19H20N4O2S. The molecule has 26 heavy (non-hydrogen) atoms. The fourth-order valence-electron chi connectivity index (χ4n) is 3.69. The summed E-state index contributed by atoms with van der Waals surface area (Å²) in [7, 11) is 0. The molecule has 1 aromatic heterocycles. The average molecular weight is 368 g/mol. The molecule has 2 amide bonds. The Morgan fingerprint density at radius 3 is 2.77 bits per heavy atom. The van der Waals surface area contributed by atoms with Crippen LogP contribution in [0.4, 0.5) is 0 Å². The number of nitriles is 1. The minimum Gasteiger partial charge on any atom is -0.360 e. The Morgan fingerprint density at radius 2 is 2.00 bits per heavy atom. The first-order valence-electron chi connectivity index (χ1n) is 8.82. The second kappa shape index (κ2) is 7.04. The number of carbonyl (C=O) groups excluding carboxylic acids is 2. The quantitative estimate of drug-likeness (QED) is 0.883. The summed E-state index contributed by atoms with van der Waals surface area (Å²) in [6.07, 6.45) is 3.17. The summed E-state index contributed by atoms with van der Waals surface area (Å²) in [6, 6.07) is 9.57. The van der Waals surface area contributed by atoms with E-state index in [-0.39, 0.29) is 17.7 Å². The Bertz CT molecular complexity index is 879. The van der Waals surface area contributed by atoms with E-state index in [1.165, 1.54) is 0 Å². The van der Waals surface area contributed by atoms with Gasteiger partial charge in [-0.1, -0.05) is 18.2 Å². The fraction of sp³-hybridized carbons (Fsp3) is 0.421. The number of fused-ring (bicyclic) bond motifs is 1. The Kier molecular flexibility index (Phi) is 4.60. The summed E-state index contributed by atoms with van der Waals surface area (Å²) < 4.78 is 0. The number of thioether (sulfide) groups is 1. The van der Waals surface area contributed by atoms with Crippen molar-refractivity contribution in [3.05, 3.63) is 36.0 Å². The molecule has 2 aliphatic rings. The molecule has 2 saturated heterocycles. The van der Waals surface area contributed by atoms with E-state index in [0.29, 0.717) is 30.3 Å². The van der Waals surface area contributed by atoms with Crippen molar-refractivity contribution in [2.24, 2.45) is 5.92 Å². The molecule has 1 aromatic carbocycles. The predicted molar refractivity (Wildman–Crippen MR) is 100 cm³/mol. The van der Waals surface area contributed by atoms with Gasteiger partial charge in [0.25, 0.3) is 5.91 Å². The number of aromatic amines is 1. The zero-order valence-electron chi connectivity index (χ0n) is 14.4. The molecule has 0 bridgehead atoms. The third-order valence-corrected chi connectivity index (χ3v) is 6.25. The molecule has 3 heterocycles. The minimum absolute atomic E-state index is 0.0135. The zero-order chi connectivity index (χ0) is 18.1. The number of amides is 2. The van der Waals surface area contributed by atoms with E-state index in [2.05, 4.69) is 11.1 Å². The van der Waals surface area contributed by atoms with Crippen LogP contribution in [0, 0.1) is 17.2 Å². The normalized spacial score (nSPS) is 21.1. The summed E-state index contributed by atoms with van der Waals surface area (Å²) in [4.78, 5) is 32.7. The average Bonchev–Trinajstić information content (AvgIpc) is 3.34. The molecular weight excluding hydrogens is 348 g/mol. The molecule has 0 aliphatic carbocycles. The van der Waals surface area contributed by atoms with Crippen molar-refractivity contribution in [3.8, 4) is 6.07 Å². The van der Waals surface area contributed by atoms with Gasteiger partial charge in [0.05, 0.1) is 17.5 Å². The molecule has 0 saturated carbocycles. The maximum absolute atomic E-state index is 13.1. The first-order chi connectivity index (χ1) is 12.7. The Morgan fingerprint density at radius 1 is 1.23 bits per heavy atom. The van der Waals surface area contributed by atoms with Gasteiger partial charge in [0.15, 0.2) is 0 Å². The lowest BCUT2D eigenvalue weighted by Gasteiger charge is -2.33. The molecule has 1 unspecified atom stereocenters. The first kappa shape index (κ1) is 17.0. The maximum atomic E-state index is 13.1. The van der Waals surface area contributed by atoms with Crippen LogP contribution in [0.5, 0.6) is 0 Å². The highest BCUT2D eigenvalue weighted by molar-refractivity contribution is 7.99. The van der Waals surface area contributed by atoms with E-state index in [1.807, 2.05) is 29.2 Å². The fourth-order valence-corrected chi connectivity index (χ4v) is 4.84. The van der Waals surface area contributed by atoms with Crippen molar-refractivity contribution < 1.29 is 9.59 Å². The summed E-state index contributed by atoms with van der Waals surface area (Å²) in [6.45, 7) is 1.21. The molecule has 2 fully saturated rings. The first-order valence-corrected chi connectivity index (χ1v) is 9.97. The van der Waals surface area contributed by atoms with Gasteiger partial charge in [0, 0.05) is 41.9 Å². The number of para-hydroxylation sites is 1. The number of nitrogens with zero attached hydrogens (tertiary/aromatic N) is 3. The molecule has 0 radical (unpaired) electrons. The molecule has 0 spiro atoms. The number of hydrogen-bond donors (Lipinski definition) is 1. The van der Waals surface area contributed by atoms with Crippen molar-refractivity contribution in [2.75, 3.05) is 24.7 Å². The molecule has 6 nitrogen and oxygen atoms in total. The van der Waals surface area contributed by atoms with Gasteiger partial charge >= 0.3 is 0 Å². The van der Waals surface area contributed by atoms with Gasteiger partial charge in [0.1, 0.15) is 6.04 Å². The smallest absolute Gasteiger partial charge is 0.257 e. The number of carbonyl (C=O) groups is 2. The molecule has 7 heteroatoms. The monoisotopic (exact) mass is 368 g/mol. The lowest BCUT2D eigenvalue weighted by Crippen LogP contribution is -2.51. The number of H-pyrrole nitrogens is 1. The second-order valence-electron chi connectivity index (χ2n) is 6.77. The van der Waals surface area contributed by atoms with E-state index >= 15 is 0 Å². The van der Waals surface area contributed by atoms with Gasteiger partial charge in [-0.15, -0.1) is 11.8 Å². The van der Waals surface area contributed by atoms with Crippen LogP contribution in [0.25, 0.3) is 10.9 Å². The molecule has 2 aromatic rings. The van der Waals surface area contributed by atoms with Crippen molar-refractivity contribution >= 4 is 34.5 Å². The number of likely N-dealkylation sites (tertiary alicyclic amines) is 1. The second-order valence-corrected chi connectivity index (χ2v) is 7.77. The Balaban J connectivity index is 1.52. The van der Waals surface area contributed by atoms with Crippen molar-refractivity contribution in [3.63, 3.8) is 0 Å². The lowest BCUT2D eigenvalue weighted by atomic mass is 9.98. The number of nitrogens with one attached hydrogen (secondary N) is 1. The standard InChI is InChI=1S/C19H20N4O2S/c20-9-13-5-7-22(8-6-13)19(25)17-11-26-12-23(17)18(24)15-10-21-16-4-2-1-3-14(15)16/h1-4,10,13,17,21H,5-8,11-12H2. The van der Waals surface area contributed by atoms with Gasteiger partial charge in [-0.05, 0) is 18.9 Å². The van der Waals surface area contributed by atoms with Crippen LogP contribution in [-0.4, -0.2) is 57.4 Å². The van der Waals surface area contributed by atoms with Crippen molar-refractivity contribution in [1.82, 2.24) is 14.8 Å². The number of aromatic nitrogens is 1. The molecule has 1 N–H and O–H groups in total. The van der Waals surface area contributed by atoms with E-state index in [4.69, 9.17) is 5.26 Å². The van der Waals surface area contributed by atoms with Crippen LogP contribution in [0.1, 0.15) is 23.2 Å². The van der Waals surface area contributed by atoms with Crippen LogP contribution in [0.2, 0.25) is 0 Å². The van der Waals surface area contributed by atoms with Crippen LogP contribution >= 0.6 is 11.8 Å². The summed E-state index contributed by atoms with van der Waals surface area (Å²) >= 11 is 1.61.